The van der Waals surface area contributed by atoms with Crippen LogP contribution in [-0.4, -0.2) is 73.8 Å². The number of piperidine rings is 1. The van der Waals surface area contributed by atoms with Crippen molar-refractivity contribution >= 4 is 23.4 Å². The Morgan fingerprint density at radius 1 is 1.17 bits per heavy atom. The molecule has 0 unspecified atom stereocenters. The molecule has 8 nitrogen and oxygen atoms in total. The maximum Gasteiger partial charge on any atom is 0.313 e. The molecule has 30 heavy (non-hydrogen) atoms. The van der Waals surface area contributed by atoms with Gasteiger partial charge in [0, 0.05) is 37.7 Å². The van der Waals surface area contributed by atoms with Crippen LogP contribution in [-0.2, 0) is 20.9 Å². The summed E-state index contributed by atoms with van der Waals surface area (Å²) in [6.45, 7) is 3.95. The summed E-state index contributed by atoms with van der Waals surface area (Å²) in [5.74, 6) is -1.06. The van der Waals surface area contributed by atoms with Crippen LogP contribution in [0.1, 0.15) is 24.8 Å². The fourth-order valence-corrected chi connectivity index (χ4v) is 3.97. The van der Waals surface area contributed by atoms with Crippen molar-refractivity contribution in [2.45, 2.75) is 25.9 Å². The van der Waals surface area contributed by atoms with E-state index in [9.17, 15) is 14.0 Å². The molecule has 1 aromatic carbocycles. The standard InChI is InChI=1S/C21H30FN5O3/c1-25-7-5-15(6-8-25)21(29)27-11-9-26(10-12-27)17-4-2-3-16(20(17)22)14-30-19(28)13-18(23)24/h2-4,15H,5-14H2,1H3,(H3,23,24). The Bertz CT molecular complexity index is 787. The maximum absolute atomic E-state index is 15.0. The normalized spacial score (nSPS) is 18.3. The molecule has 2 heterocycles. The van der Waals surface area contributed by atoms with Gasteiger partial charge in [0.05, 0.1) is 5.69 Å². The predicted molar refractivity (Wildman–Crippen MR) is 112 cm³/mol. The number of amides is 1. The number of piperazine rings is 1. The summed E-state index contributed by atoms with van der Waals surface area (Å²) in [5, 5.41) is 7.10. The zero-order valence-corrected chi connectivity index (χ0v) is 17.4. The number of carbonyl (C=O) groups excluding carboxylic acids is 2. The first kappa shape index (κ1) is 22.0. The minimum absolute atomic E-state index is 0.0949. The van der Waals surface area contributed by atoms with Crippen LogP contribution in [0.5, 0.6) is 0 Å². The second-order valence-electron chi connectivity index (χ2n) is 8.00. The van der Waals surface area contributed by atoms with E-state index in [1.54, 1.807) is 18.2 Å². The first-order chi connectivity index (χ1) is 14.3. The third-order valence-corrected chi connectivity index (χ3v) is 5.78. The second kappa shape index (κ2) is 9.88. The van der Waals surface area contributed by atoms with Gasteiger partial charge in [-0.05, 0) is 39.0 Å². The molecule has 0 spiro atoms. The van der Waals surface area contributed by atoms with Crippen molar-refractivity contribution in [3.05, 3.63) is 29.6 Å². The molecule has 3 rings (SSSR count). The summed E-state index contributed by atoms with van der Waals surface area (Å²) >= 11 is 0. The van der Waals surface area contributed by atoms with Crippen LogP contribution in [0, 0.1) is 17.1 Å². The van der Waals surface area contributed by atoms with Crippen molar-refractivity contribution < 1.29 is 18.7 Å². The molecule has 2 aliphatic rings. The van der Waals surface area contributed by atoms with E-state index in [0.29, 0.717) is 31.9 Å². The number of nitrogens with one attached hydrogen (secondary N) is 1. The van der Waals surface area contributed by atoms with E-state index in [2.05, 4.69) is 11.9 Å². The van der Waals surface area contributed by atoms with Gasteiger partial charge in [-0.25, -0.2) is 4.39 Å². The first-order valence-electron chi connectivity index (χ1n) is 10.3. The highest BCUT2D eigenvalue weighted by molar-refractivity contribution is 5.94. The Kier molecular flexibility index (Phi) is 7.25. The van der Waals surface area contributed by atoms with E-state index < -0.39 is 11.8 Å². The van der Waals surface area contributed by atoms with Crippen molar-refractivity contribution in [3.8, 4) is 0 Å². The molecule has 2 aliphatic heterocycles. The molecule has 0 aliphatic carbocycles. The number of carbonyl (C=O) groups is 2. The molecule has 1 amide bonds. The van der Waals surface area contributed by atoms with Gasteiger partial charge in [0.25, 0.3) is 0 Å². The lowest BCUT2D eigenvalue weighted by Gasteiger charge is -2.39. The van der Waals surface area contributed by atoms with Gasteiger partial charge in [0.2, 0.25) is 5.91 Å². The van der Waals surface area contributed by atoms with Gasteiger partial charge in [-0.1, -0.05) is 12.1 Å². The molecule has 2 fully saturated rings. The number of hydrogen-bond acceptors (Lipinski definition) is 6. The van der Waals surface area contributed by atoms with Crippen LogP contribution in [0.25, 0.3) is 0 Å². The Hall–Kier alpha value is -2.68. The van der Waals surface area contributed by atoms with E-state index in [-0.39, 0.29) is 36.3 Å². The quantitative estimate of drug-likeness (QED) is 0.408. The molecule has 0 radical (unpaired) electrons. The van der Waals surface area contributed by atoms with Crippen molar-refractivity contribution in [2.24, 2.45) is 11.7 Å². The van der Waals surface area contributed by atoms with E-state index in [0.717, 1.165) is 25.9 Å². The van der Waals surface area contributed by atoms with Crippen molar-refractivity contribution in [1.29, 1.82) is 5.41 Å². The molecule has 0 bridgehead atoms. The van der Waals surface area contributed by atoms with Crippen LogP contribution in [0.3, 0.4) is 0 Å². The Morgan fingerprint density at radius 2 is 1.83 bits per heavy atom. The van der Waals surface area contributed by atoms with Gasteiger partial charge < -0.3 is 25.2 Å². The number of rotatable bonds is 6. The second-order valence-corrected chi connectivity index (χ2v) is 8.00. The van der Waals surface area contributed by atoms with Crippen LogP contribution in [0.15, 0.2) is 18.2 Å². The van der Waals surface area contributed by atoms with Crippen LogP contribution >= 0.6 is 0 Å². The summed E-state index contributed by atoms with van der Waals surface area (Å²) < 4.78 is 20.0. The number of halogens is 1. The largest absolute Gasteiger partial charge is 0.460 e. The summed E-state index contributed by atoms with van der Waals surface area (Å²) in [7, 11) is 2.08. The number of benzene rings is 1. The number of nitrogens with zero attached hydrogens (tertiary/aromatic N) is 3. The van der Waals surface area contributed by atoms with E-state index in [1.807, 2.05) is 9.80 Å². The van der Waals surface area contributed by atoms with E-state index in [4.69, 9.17) is 15.9 Å². The van der Waals surface area contributed by atoms with Gasteiger partial charge in [0.1, 0.15) is 18.9 Å². The summed E-state index contributed by atoms with van der Waals surface area (Å²) in [6.07, 6.45) is 1.48. The van der Waals surface area contributed by atoms with Gasteiger partial charge in [-0.2, -0.15) is 0 Å². The third-order valence-electron chi connectivity index (χ3n) is 5.78. The number of nitrogens with two attached hydrogens (primary N) is 1. The average Bonchev–Trinajstić information content (AvgIpc) is 2.73. The van der Waals surface area contributed by atoms with Gasteiger partial charge in [-0.3, -0.25) is 15.0 Å². The molecule has 2 saturated heterocycles. The van der Waals surface area contributed by atoms with Crippen molar-refractivity contribution in [1.82, 2.24) is 9.80 Å². The molecule has 3 N–H and O–H groups in total. The topological polar surface area (TPSA) is 103 Å². The molecule has 1 aromatic rings. The molecule has 0 atom stereocenters. The minimum atomic E-state index is -0.659. The fourth-order valence-electron chi connectivity index (χ4n) is 3.97. The molecule has 0 saturated carbocycles. The first-order valence-corrected chi connectivity index (χ1v) is 10.3. The predicted octanol–water partition coefficient (Wildman–Crippen LogP) is 1.19. The number of anilines is 1. The zero-order chi connectivity index (χ0) is 21.7. The third kappa shape index (κ3) is 5.47. The number of amidine groups is 1. The number of likely N-dealkylation sites (tertiary alicyclic amines) is 1. The summed E-state index contributed by atoms with van der Waals surface area (Å²) in [5.41, 5.74) is 5.89. The van der Waals surface area contributed by atoms with Crippen LogP contribution < -0.4 is 10.6 Å². The minimum Gasteiger partial charge on any atom is -0.460 e. The monoisotopic (exact) mass is 419 g/mol. The Labute approximate surface area is 176 Å². The lowest BCUT2D eigenvalue weighted by Crippen LogP contribution is -2.51. The van der Waals surface area contributed by atoms with Crippen LogP contribution in [0.4, 0.5) is 10.1 Å². The van der Waals surface area contributed by atoms with Gasteiger partial charge >= 0.3 is 5.97 Å². The summed E-state index contributed by atoms with van der Waals surface area (Å²) in [6, 6.07) is 4.99. The summed E-state index contributed by atoms with van der Waals surface area (Å²) in [4.78, 5) is 30.4. The van der Waals surface area contributed by atoms with E-state index >= 15 is 0 Å². The molecule has 164 valence electrons. The number of esters is 1. The smallest absolute Gasteiger partial charge is 0.313 e. The average molecular weight is 420 g/mol. The molecular weight excluding hydrogens is 389 g/mol. The zero-order valence-electron chi connectivity index (χ0n) is 17.4. The molecule has 0 aromatic heterocycles. The highest BCUT2D eigenvalue weighted by atomic mass is 19.1. The van der Waals surface area contributed by atoms with Crippen molar-refractivity contribution in [2.75, 3.05) is 51.2 Å². The number of ether oxygens (including phenoxy) is 1. The lowest BCUT2D eigenvalue weighted by molar-refractivity contribution is -0.143. The Morgan fingerprint density at radius 3 is 2.47 bits per heavy atom. The number of hydrogen-bond donors (Lipinski definition) is 2. The SMILES string of the molecule is CN1CCC(C(=O)N2CCN(c3cccc(COC(=O)CC(=N)N)c3F)CC2)CC1. The fraction of sp³-hybridized carbons (Fsp3) is 0.571. The molecular formula is C21H30FN5O3. The van der Waals surface area contributed by atoms with E-state index in [1.165, 1.54) is 0 Å². The maximum atomic E-state index is 15.0. The molecule has 9 heteroatoms. The highest BCUT2D eigenvalue weighted by Gasteiger charge is 2.30. The van der Waals surface area contributed by atoms with Crippen LogP contribution in [0.2, 0.25) is 0 Å². The van der Waals surface area contributed by atoms with Crippen molar-refractivity contribution in [3.63, 3.8) is 0 Å². The van der Waals surface area contributed by atoms with Gasteiger partial charge in [0.15, 0.2) is 5.82 Å². The Balaban J connectivity index is 1.55. The van der Waals surface area contributed by atoms with Gasteiger partial charge in [-0.15, -0.1) is 0 Å². The lowest BCUT2D eigenvalue weighted by atomic mass is 9.95. The highest BCUT2D eigenvalue weighted by Crippen LogP contribution is 2.25.